The highest BCUT2D eigenvalue weighted by molar-refractivity contribution is 7.99. The Bertz CT molecular complexity index is 2320. The number of rotatable bonds is 4. The van der Waals surface area contributed by atoms with Crippen LogP contribution in [-0.2, 0) is 63.5 Å². The van der Waals surface area contributed by atoms with Crippen LogP contribution in [0.1, 0.15) is 144 Å². The summed E-state index contributed by atoms with van der Waals surface area (Å²) in [5, 5.41) is 49.3. The number of carbonyl (C=O) groups is 1. The first-order chi connectivity index (χ1) is 28.7. The van der Waals surface area contributed by atoms with Gasteiger partial charge in [0, 0.05) is 37.1 Å². The molecule has 0 aromatic heterocycles. The van der Waals surface area contributed by atoms with Crippen LogP contribution in [-0.4, -0.2) is 44.4 Å². The van der Waals surface area contributed by atoms with Crippen LogP contribution >= 0.6 is 11.8 Å². The predicted molar refractivity (Wildman–Crippen MR) is 252 cm³/mol. The molecule has 1 aliphatic heterocycles. The highest BCUT2D eigenvalue weighted by atomic mass is 32.2. The molecule has 7 nitrogen and oxygen atoms in total. The van der Waals surface area contributed by atoms with Gasteiger partial charge in [0.1, 0.15) is 29.0 Å². The Morgan fingerprint density at radius 2 is 0.887 bits per heavy atom. The fraction of sp³-hybridized carbons (Fsp3) is 0.426. The van der Waals surface area contributed by atoms with Crippen molar-refractivity contribution in [3.05, 3.63) is 140 Å². The van der Waals surface area contributed by atoms with Gasteiger partial charge in [-0.25, -0.2) is 0 Å². The molecule has 0 spiro atoms. The molecule has 8 bridgehead atoms. The lowest BCUT2D eigenvalue weighted by atomic mass is 9.82. The normalized spacial score (nSPS) is 14.8. The van der Waals surface area contributed by atoms with E-state index in [-0.39, 0.29) is 70.6 Å². The van der Waals surface area contributed by atoms with Crippen LogP contribution in [0.3, 0.4) is 0 Å². The zero-order valence-electron chi connectivity index (χ0n) is 39.1. The number of hydrogen-bond donors (Lipinski definition) is 4. The van der Waals surface area contributed by atoms with Gasteiger partial charge >= 0.3 is 5.97 Å². The smallest absolute Gasteiger partial charge is 0.323 e. The van der Waals surface area contributed by atoms with Crippen LogP contribution in [0.15, 0.2) is 88.7 Å². The van der Waals surface area contributed by atoms with Crippen LogP contribution in [0.5, 0.6) is 23.0 Å². The summed E-state index contributed by atoms with van der Waals surface area (Å²) in [6, 6.07) is 25.2. The highest BCUT2D eigenvalue weighted by Gasteiger charge is 2.32. The van der Waals surface area contributed by atoms with Crippen molar-refractivity contribution in [2.24, 2.45) is 0 Å². The average molecular weight is 858 g/mol. The lowest BCUT2D eigenvalue weighted by molar-refractivity contribution is -0.147. The summed E-state index contributed by atoms with van der Waals surface area (Å²) >= 11 is 1.33. The number of fused-ring (bicyclic) bond motifs is 8. The minimum atomic E-state index is -0.794. The standard InChI is InChI=1S/C54H67NO6S/c1-51(2,3)39-22-33-20-35-24-41(53(7,8)9)28-44(48(35)58)62-45-29-42(54(10,11)12)25-36(49(45)59)21-34-23-40(52(4,5)6)27-38(47(34)57)31-55(30-37(26-39)46(33)56)43(50(60)61-13)19-32-17-15-14-16-18-32/h14-18,22-29,43,56-59H,19-21,30-31H2,1-13H3. The fourth-order valence-corrected chi connectivity index (χ4v) is 9.16. The van der Waals surface area contributed by atoms with Crippen molar-refractivity contribution in [1.82, 2.24) is 4.90 Å². The quantitative estimate of drug-likeness (QED) is 0.132. The molecule has 62 heavy (non-hydrogen) atoms. The van der Waals surface area contributed by atoms with Gasteiger partial charge < -0.3 is 25.2 Å². The van der Waals surface area contributed by atoms with Gasteiger partial charge in [0.15, 0.2) is 0 Å². The van der Waals surface area contributed by atoms with E-state index in [0.29, 0.717) is 49.6 Å². The van der Waals surface area contributed by atoms with Gasteiger partial charge in [-0.3, -0.25) is 9.69 Å². The molecule has 5 aromatic rings. The lowest BCUT2D eigenvalue weighted by Crippen LogP contribution is -2.43. The Labute approximate surface area is 374 Å². The van der Waals surface area contributed by atoms with Gasteiger partial charge in [-0.2, -0.15) is 0 Å². The fourth-order valence-electron chi connectivity index (χ4n) is 8.10. The van der Waals surface area contributed by atoms with Crippen molar-refractivity contribution in [2.75, 3.05) is 7.11 Å². The zero-order chi connectivity index (χ0) is 45.7. The van der Waals surface area contributed by atoms with E-state index in [2.05, 4.69) is 83.1 Å². The number of carbonyl (C=O) groups excluding carboxylic acids is 1. The number of methoxy groups -OCH3 is 1. The summed E-state index contributed by atoms with van der Waals surface area (Å²) in [4.78, 5) is 17.3. The van der Waals surface area contributed by atoms with Gasteiger partial charge in [0.25, 0.3) is 0 Å². The summed E-state index contributed by atoms with van der Waals surface area (Å²) in [5.41, 5.74) is 7.57. The summed E-state index contributed by atoms with van der Waals surface area (Å²) < 4.78 is 5.52. The second kappa shape index (κ2) is 17.3. The summed E-state index contributed by atoms with van der Waals surface area (Å²) in [6.45, 7) is 25.9. The van der Waals surface area contributed by atoms with Crippen molar-refractivity contribution in [1.29, 1.82) is 0 Å². The molecule has 5 aromatic carbocycles. The second-order valence-electron chi connectivity index (χ2n) is 21.3. The first-order valence-electron chi connectivity index (χ1n) is 21.7. The molecule has 1 unspecified atom stereocenters. The summed E-state index contributed by atoms with van der Waals surface area (Å²) in [5.74, 6) is -0.0984. The third-order valence-electron chi connectivity index (χ3n) is 12.2. The Morgan fingerprint density at radius 3 is 1.24 bits per heavy atom. The number of phenols is 4. The Hall–Kier alpha value is -4.92. The van der Waals surface area contributed by atoms with Gasteiger partial charge in [-0.15, -0.1) is 0 Å². The van der Waals surface area contributed by atoms with E-state index in [0.717, 1.165) is 27.8 Å². The molecule has 1 aliphatic rings. The van der Waals surface area contributed by atoms with Crippen molar-refractivity contribution in [2.45, 2.75) is 153 Å². The van der Waals surface area contributed by atoms with Crippen LogP contribution in [0.25, 0.3) is 0 Å². The van der Waals surface area contributed by atoms with E-state index < -0.39 is 12.0 Å². The van der Waals surface area contributed by atoms with Crippen molar-refractivity contribution in [3.8, 4) is 23.0 Å². The van der Waals surface area contributed by atoms with Gasteiger partial charge in [-0.1, -0.05) is 162 Å². The van der Waals surface area contributed by atoms with Gasteiger partial charge in [0.2, 0.25) is 0 Å². The molecule has 0 aliphatic carbocycles. The van der Waals surface area contributed by atoms with Gasteiger partial charge in [-0.05, 0) is 90.3 Å². The molecular formula is C54H67NO6S. The third kappa shape index (κ3) is 10.3. The molecule has 0 saturated carbocycles. The molecule has 8 heteroatoms. The minimum absolute atomic E-state index is 0.0794. The van der Waals surface area contributed by atoms with E-state index in [1.54, 1.807) is 0 Å². The molecule has 0 radical (unpaired) electrons. The molecule has 6 rings (SSSR count). The van der Waals surface area contributed by atoms with Crippen molar-refractivity contribution < 1.29 is 30.0 Å². The van der Waals surface area contributed by atoms with Crippen molar-refractivity contribution in [3.63, 3.8) is 0 Å². The monoisotopic (exact) mass is 857 g/mol. The summed E-state index contributed by atoms with van der Waals surface area (Å²) in [7, 11) is 1.39. The lowest BCUT2D eigenvalue weighted by Gasteiger charge is -2.32. The first-order valence-corrected chi connectivity index (χ1v) is 22.5. The Kier molecular flexibility index (Phi) is 13.0. The molecule has 4 N–H and O–H groups in total. The van der Waals surface area contributed by atoms with E-state index in [9.17, 15) is 25.2 Å². The highest BCUT2D eigenvalue weighted by Crippen LogP contribution is 2.47. The Balaban J connectivity index is 1.72. The zero-order valence-corrected chi connectivity index (χ0v) is 39.9. The molecule has 0 saturated heterocycles. The van der Waals surface area contributed by atoms with Gasteiger partial charge in [0.05, 0.1) is 16.9 Å². The number of nitrogens with zero attached hydrogens (tertiary/aromatic N) is 1. The van der Waals surface area contributed by atoms with Crippen LogP contribution < -0.4 is 0 Å². The SMILES string of the molecule is COC(=O)C(Cc1ccccc1)N1Cc2cc(C(C)(C)C)cc(c2O)Cc2cc(C(C)(C)C)cc(c2O)Sc2cc(C(C)(C)C)cc(c2O)Cc2cc(C(C)(C)C)cc(c2O)C1. The third-order valence-corrected chi connectivity index (χ3v) is 13.3. The topological polar surface area (TPSA) is 110 Å². The average Bonchev–Trinajstić information content (AvgIpc) is 3.17. The number of hydrogen-bond acceptors (Lipinski definition) is 8. The van der Waals surface area contributed by atoms with E-state index in [4.69, 9.17) is 4.74 Å². The largest absolute Gasteiger partial charge is 0.507 e. The number of ether oxygens (including phenoxy) is 1. The number of benzene rings is 5. The maximum atomic E-state index is 14.1. The van der Waals surface area contributed by atoms with Crippen LogP contribution in [0.4, 0.5) is 0 Å². The number of phenolic OH excluding ortho intramolecular Hbond substituents is 4. The van der Waals surface area contributed by atoms with E-state index in [1.165, 1.54) is 18.9 Å². The second-order valence-corrected chi connectivity index (χ2v) is 22.4. The maximum absolute atomic E-state index is 14.1. The van der Waals surface area contributed by atoms with Crippen LogP contribution in [0, 0.1) is 0 Å². The summed E-state index contributed by atoms with van der Waals surface area (Å²) in [6.07, 6.45) is 0.790. The minimum Gasteiger partial charge on any atom is -0.507 e. The number of esters is 1. The van der Waals surface area contributed by atoms with Crippen molar-refractivity contribution >= 4 is 17.7 Å². The first kappa shape index (κ1) is 46.6. The predicted octanol–water partition coefficient (Wildman–Crippen LogP) is 12.1. The van der Waals surface area contributed by atoms with E-state index >= 15 is 0 Å². The molecule has 0 amide bonds. The molecule has 0 fully saturated rings. The Morgan fingerprint density at radius 1 is 0.548 bits per heavy atom. The maximum Gasteiger partial charge on any atom is 0.323 e. The molecule has 1 atom stereocenters. The molecule has 330 valence electrons. The number of aromatic hydroxyl groups is 4. The van der Waals surface area contributed by atoms with E-state index in [1.807, 2.05) is 83.8 Å². The molecule has 1 heterocycles. The molecular weight excluding hydrogens is 791 g/mol. The van der Waals surface area contributed by atoms with Crippen LogP contribution in [0.2, 0.25) is 0 Å².